The third-order valence-electron chi connectivity index (χ3n) is 2.80. The van der Waals surface area contributed by atoms with Crippen molar-refractivity contribution in [1.82, 2.24) is 5.32 Å². The largest absolute Gasteiger partial charge is 0.312 e. The standard InChI is InChI=1S/C15H14BrF2N/c16-13-4-5-15(18)12(9-13)10-19-7-6-11-2-1-3-14(17)8-11/h1-5,8-9,19H,6-7,10H2. The fraction of sp³-hybridized carbons (Fsp3) is 0.200. The number of halogens is 3. The Morgan fingerprint density at radius 2 is 1.89 bits per heavy atom. The van der Waals surface area contributed by atoms with Crippen molar-refractivity contribution in [2.75, 3.05) is 6.54 Å². The van der Waals surface area contributed by atoms with E-state index in [1.54, 1.807) is 18.2 Å². The van der Waals surface area contributed by atoms with Gasteiger partial charge in [-0.25, -0.2) is 8.78 Å². The molecule has 0 heterocycles. The summed E-state index contributed by atoms with van der Waals surface area (Å²) in [5, 5.41) is 3.15. The summed E-state index contributed by atoms with van der Waals surface area (Å²) in [6.45, 7) is 1.13. The molecule has 0 atom stereocenters. The van der Waals surface area contributed by atoms with Crippen molar-refractivity contribution in [3.8, 4) is 0 Å². The fourth-order valence-corrected chi connectivity index (χ4v) is 2.24. The van der Waals surface area contributed by atoms with Crippen LogP contribution in [0.1, 0.15) is 11.1 Å². The summed E-state index contributed by atoms with van der Waals surface area (Å²) in [5.41, 5.74) is 1.55. The van der Waals surface area contributed by atoms with Crippen molar-refractivity contribution in [1.29, 1.82) is 0 Å². The van der Waals surface area contributed by atoms with E-state index in [1.807, 2.05) is 6.07 Å². The molecule has 0 amide bonds. The Kier molecular flexibility index (Phi) is 5.05. The summed E-state index contributed by atoms with van der Waals surface area (Å²) in [6.07, 6.45) is 0.716. The first-order valence-electron chi connectivity index (χ1n) is 6.04. The minimum atomic E-state index is -0.226. The van der Waals surface area contributed by atoms with Gasteiger partial charge in [0.15, 0.2) is 0 Å². The van der Waals surface area contributed by atoms with Crippen LogP contribution in [0.4, 0.5) is 8.78 Å². The van der Waals surface area contributed by atoms with Crippen LogP contribution in [-0.2, 0) is 13.0 Å². The molecule has 0 bridgehead atoms. The van der Waals surface area contributed by atoms with Gasteiger partial charge >= 0.3 is 0 Å². The van der Waals surface area contributed by atoms with Gasteiger partial charge in [-0.05, 0) is 48.9 Å². The zero-order chi connectivity index (χ0) is 13.7. The Morgan fingerprint density at radius 3 is 2.68 bits per heavy atom. The maximum absolute atomic E-state index is 13.5. The minimum absolute atomic E-state index is 0.221. The van der Waals surface area contributed by atoms with E-state index in [0.717, 1.165) is 10.0 Å². The van der Waals surface area contributed by atoms with Crippen molar-refractivity contribution in [2.45, 2.75) is 13.0 Å². The summed E-state index contributed by atoms with van der Waals surface area (Å²) < 4.78 is 27.3. The average molecular weight is 326 g/mol. The highest BCUT2D eigenvalue weighted by Crippen LogP contribution is 2.15. The van der Waals surface area contributed by atoms with E-state index in [1.165, 1.54) is 18.2 Å². The lowest BCUT2D eigenvalue weighted by atomic mass is 10.1. The first-order valence-corrected chi connectivity index (χ1v) is 6.83. The van der Waals surface area contributed by atoms with Gasteiger partial charge in [-0.15, -0.1) is 0 Å². The third-order valence-corrected chi connectivity index (χ3v) is 3.30. The molecule has 0 fully saturated rings. The summed E-state index contributed by atoms with van der Waals surface area (Å²) >= 11 is 3.31. The molecule has 0 saturated carbocycles. The van der Waals surface area contributed by atoms with Gasteiger partial charge in [0.05, 0.1) is 0 Å². The Hall–Kier alpha value is -1.26. The molecule has 0 aliphatic carbocycles. The second kappa shape index (κ2) is 6.78. The van der Waals surface area contributed by atoms with E-state index in [0.29, 0.717) is 25.1 Å². The van der Waals surface area contributed by atoms with Gasteiger partial charge in [-0.2, -0.15) is 0 Å². The lowest BCUT2D eigenvalue weighted by molar-refractivity contribution is 0.587. The van der Waals surface area contributed by atoms with Crippen LogP contribution in [0.5, 0.6) is 0 Å². The number of benzene rings is 2. The van der Waals surface area contributed by atoms with Crippen molar-refractivity contribution >= 4 is 15.9 Å². The lowest BCUT2D eigenvalue weighted by Crippen LogP contribution is -2.17. The molecule has 0 saturated heterocycles. The Bertz CT molecular complexity index is 558. The van der Waals surface area contributed by atoms with Gasteiger partial charge in [-0.1, -0.05) is 28.1 Å². The minimum Gasteiger partial charge on any atom is -0.312 e. The Labute approximate surface area is 119 Å². The molecule has 19 heavy (non-hydrogen) atoms. The second-order valence-corrected chi connectivity index (χ2v) is 5.21. The molecule has 4 heteroatoms. The average Bonchev–Trinajstić information content (AvgIpc) is 2.39. The van der Waals surface area contributed by atoms with Gasteiger partial charge in [0.25, 0.3) is 0 Å². The normalized spacial score (nSPS) is 10.7. The Balaban J connectivity index is 1.82. The van der Waals surface area contributed by atoms with Crippen LogP contribution in [0.2, 0.25) is 0 Å². The summed E-state index contributed by atoms with van der Waals surface area (Å²) in [7, 11) is 0. The predicted molar refractivity (Wildman–Crippen MR) is 75.9 cm³/mol. The van der Waals surface area contributed by atoms with E-state index in [4.69, 9.17) is 0 Å². The number of hydrogen-bond acceptors (Lipinski definition) is 1. The Morgan fingerprint density at radius 1 is 1.05 bits per heavy atom. The summed E-state index contributed by atoms with van der Waals surface area (Å²) in [6, 6.07) is 11.4. The summed E-state index contributed by atoms with van der Waals surface area (Å²) in [5.74, 6) is -0.447. The van der Waals surface area contributed by atoms with Crippen LogP contribution < -0.4 is 5.32 Å². The second-order valence-electron chi connectivity index (χ2n) is 4.29. The van der Waals surface area contributed by atoms with Crippen LogP contribution in [0.3, 0.4) is 0 Å². The molecule has 1 nitrogen and oxygen atoms in total. The molecule has 0 aromatic heterocycles. The zero-order valence-electron chi connectivity index (χ0n) is 10.3. The molecule has 0 radical (unpaired) electrons. The monoisotopic (exact) mass is 325 g/mol. The van der Waals surface area contributed by atoms with E-state index < -0.39 is 0 Å². The van der Waals surface area contributed by atoms with Crippen molar-refractivity contribution in [3.63, 3.8) is 0 Å². The van der Waals surface area contributed by atoms with Gasteiger partial charge in [0, 0.05) is 16.6 Å². The van der Waals surface area contributed by atoms with Crippen LogP contribution in [0.15, 0.2) is 46.9 Å². The maximum Gasteiger partial charge on any atom is 0.127 e. The van der Waals surface area contributed by atoms with E-state index >= 15 is 0 Å². The van der Waals surface area contributed by atoms with Gasteiger partial charge < -0.3 is 5.32 Å². The topological polar surface area (TPSA) is 12.0 Å². The highest BCUT2D eigenvalue weighted by molar-refractivity contribution is 9.10. The van der Waals surface area contributed by atoms with E-state index in [2.05, 4.69) is 21.2 Å². The molecule has 0 aliphatic rings. The van der Waals surface area contributed by atoms with Crippen LogP contribution in [-0.4, -0.2) is 6.54 Å². The summed E-state index contributed by atoms with van der Waals surface area (Å²) in [4.78, 5) is 0. The van der Waals surface area contributed by atoms with Gasteiger partial charge in [0.1, 0.15) is 11.6 Å². The van der Waals surface area contributed by atoms with Crippen LogP contribution in [0, 0.1) is 11.6 Å². The highest BCUT2D eigenvalue weighted by Gasteiger charge is 2.02. The molecule has 1 N–H and O–H groups in total. The molecule has 2 aromatic carbocycles. The molecule has 2 rings (SSSR count). The van der Waals surface area contributed by atoms with Gasteiger partial charge in [0.2, 0.25) is 0 Å². The lowest BCUT2D eigenvalue weighted by Gasteiger charge is -2.07. The number of rotatable bonds is 5. The molecule has 0 spiro atoms. The van der Waals surface area contributed by atoms with Gasteiger partial charge in [-0.3, -0.25) is 0 Å². The first kappa shape index (κ1) is 14.2. The highest BCUT2D eigenvalue weighted by atomic mass is 79.9. The number of hydrogen-bond donors (Lipinski definition) is 1. The molecular formula is C15H14BrF2N. The molecule has 0 aliphatic heterocycles. The first-order chi connectivity index (χ1) is 9.15. The zero-order valence-corrected chi connectivity index (χ0v) is 11.9. The smallest absolute Gasteiger partial charge is 0.127 e. The van der Waals surface area contributed by atoms with Crippen molar-refractivity contribution in [3.05, 3.63) is 69.7 Å². The van der Waals surface area contributed by atoms with Crippen molar-refractivity contribution in [2.24, 2.45) is 0 Å². The molecule has 2 aromatic rings. The van der Waals surface area contributed by atoms with Crippen LogP contribution in [0.25, 0.3) is 0 Å². The number of nitrogens with one attached hydrogen (secondary N) is 1. The quantitative estimate of drug-likeness (QED) is 0.817. The molecule has 0 unspecified atom stereocenters. The predicted octanol–water partition coefficient (Wildman–Crippen LogP) is 4.06. The SMILES string of the molecule is Fc1cccc(CCNCc2cc(Br)ccc2F)c1. The molecular weight excluding hydrogens is 312 g/mol. The van der Waals surface area contributed by atoms with Crippen LogP contribution >= 0.6 is 15.9 Å². The van der Waals surface area contributed by atoms with Crippen molar-refractivity contribution < 1.29 is 8.78 Å². The third kappa shape index (κ3) is 4.40. The van der Waals surface area contributed by atoms with E-state index in [-0.39, 0.29) is 11.6 Å². The molecule has 100 valence electrons. The fourth-order valence-electron chi connectivity index (χ4n) is 1.83. The van der Waals surface area contributed by atoms with E-state index in [9.17, 15) is 8.78 Å². The maximum atomic E-state index is 13.5.